The number of hydrogen-bond acceptors (Lipinski definition) is 4. The number of nitro benzene ring substituents is 1. The molecule has 0 fully saturated rings. The van der Waals surface area contributed by atoms with Crippen molar-refractivity contribution in [2.75, 3.05) is 0 Å². The Balaban J connectivity index is 2.20. The van der Waals surface area contributed by atoms with Crippen molar-refractivity contribution in [2.45, 2.75) is 20.5 Å². The number of ether oxygens (including phenoxy) is 1. The predicted molar refractivity (Wildman–Crippen MR) is 78.6 cm³/mol. The molecule has 0 bridgehead atoms. The molecule has 0 atom stereocenters. The average molecular weight is 285 g/mol. The molecule has 2 aromatic rings. The van der Waals surface area contributed by atoms with Gasteiger partial charge in [0.1, 0.15) is 12.4 Å². The summed E-state index contributed by atoms with van der Waals surface area (Å²) in [7, 11) is 0. The second-order valence-electron chi connectivity index (χ2n) is 4.77. The third-order valence-corrected chi connectivity index (χ3v) is 3.03. The third-order valence-electron chi connectivity index (χ3n) is 3.03. The summed E-state index contributed by atoms with van der Waals surface area (Å²) in [4.78, 5) is 21.9. The number of rotatable bonds is 5. The van der Waals surface area contributed by atoms with Crippen LogP contribution in [0.5, 0.6) is 5.75 Å². The fraction of sp³-hybridized carbons (Fsp3) is 0.188. The van der Waals surface area contributed by atoms with Crippen LogP contribution in [0.2, 0.25) is 0 Å². The molecular formula is C16H15NO4. The van der Waals surface area contributed by atoms with Gasteiger partial charge in [-0.2, -0.15) is 0 Å². The monoisotopic (exact) mass is 285 g/mol. The van der Waals surface area contributed by atoms with Gasteiger partial charge in [0.25, 0.3) is 5.69 Å². The zero-order valence-corrected chi connectivity index (χ0v) is 11.8. The molecule has 0 radical (unpaired) electrons. The molecule has 5 heteroatoms. The SMILES string of the molecule is CC(=O)c1ccc(C)cc1OCc1cccc([N+](=O)[O-])c1. The minimum absolute atomic E-state index is 0.0205. The van der Waals surface area contributed by atoms with Gasteiger partial charge >= 0.3 is 0 Å². The highest BCUT2D eigenvalue weighted by Gasteiger charge is 2.10. The maximum absolute atomic E-state index is 11.6. The second kappa shape index (κ2) is 6.17. The molecule has 0 amide bonds. The fourth-order valence-corrected chi connectivity index (χ4v) is 1.96. The second-order valence-corrected chi connectivity index (χ2v) is 4.77. The molecule has 21 heavy (non-hydrogen) atoms. The van der Waals surface area contributed by atoms with Crippen molar-refractivity contribution >= 4 is 11.5 Å². The molecule has 0 saturated carbocycles. The van der Waals surface area contributed by atoms with Crippen LogP contribution < -0.4 is 4.74 Å². The number of nitro groups is 1. The van der Waals surface area contributed by atoms with Gasteiger partial charge in [0, 0.05) is 12.1 Å². The number of hydrogen-bond donors (Lipinski definition) is 0. The van der Waals surface area contributed by atoms with E-state index in [1.165, 1.54) is 19.1 Å². The van der Waals surface area contributed by atoms with Gasteiger partial charge in [-0.25, -0.2) is 0 Å². The lowest BCUT2D eigenvalue weighted by Gasteiger charge is -2.10. The molecule has 0 unspecified atom stereocenters. The zero-order valence-electron chi connectivity index (χ0n) is 11.8. The van der Waals surface area contributed by atoms with Crippen LogP contribution in [-0.2, 0) is 6.61 Å². The first kappa shape index (κ1) is 14.7. The zero-order chi connectivity index (χ0) is 15.4. The molecule has 2 rings (SSSR count). The summed E-state index contributed by atoms with van der Waals surface area (Å²) >= 11 is 0. The van der Waals surface area contributed by atoms with Gasteiger partial charge in [0.05, 0.1) is 10.5 Å². The first-order valence-electron chi connectivity index (χ1n) is 6.45. The summed E-state index contributed by atoms with van der Waals surface area (Å²) in [6, 6.07) is 11.6. The predicted octanol–water partition coefficient (Wildman–Crippen LogP) is 3.68. The van der Waals surface area contributed by atoms with Gasteiger partial charge in [-0.15, -0.1) is 0 Å². The van der Waals surface area contributed by atoms with Crippen molar-refractivity contribution in [3.63, 3.8) is 0 Å². The van der Waals surface area contributed by atoms with Gasteiger partial charge in [-0.05, 0) is 37.1 Å². The summed E-state index contributed by atoms with van der Waals surface area (Å²) in [6.45, 7) is 3.56. The van der Waals surface area contributed by atoms with Gasteiger partial charge in [-0.1, -0.05) is 18.2 Å². The van der Waals surface area contributed by atoms with Crippen LogP contribution in [0.3, 0.4) is 0 Å². The smallest absolute Gasteiger partial charge is 0.269 e. The number of non-ortho nitro benzene ring substituents is 1. The Morgan fingerprint density at radius 2 is 2.00 bits per heavy atom. The van der Waals surface area contributed by atoms with E-state index in [4.69, 9.17) is 4.74 Å². The van der Waals surface area contributed by atoms with Crippen LogP contribution >= 0.6 is 0 Å². The number of Topliss-reactive ketones (excluding diaryl/α,β-unsaturated/α-hetero) is 1. The van der Waals surface area contributed by atoms with Crippen LogP contribution in [0.4, 0.5) is 5.69 Å². The Morgan fingerprint density at radius 3 is 2.67 bits per heavy atom. The summed E-state index contributed by atoms with van der Waals surface area (Å²) in [6.07, 6.45) is 0. The molecule has 5 nitrogen and oxygen atoms in total. The number of aryl methyl sites for hydroxylation is 1. The van der Waals surface area contributed by atoms with Gasteiger partial charge in [0.2, 0.25) is 0 Å². The van der Waals surface area contributed by atoms with Crippen molar-refractivity contribution in [1.29, 1.82) is 0 Å². The Morgan fingerprint density at radius 1 is 1.24 bits per heavy atom. The quantitative estimate of drug-likeness (QED) is 0.477. The van der Waals surface area contributed by atoms with Crippen molar-refractivity contribution in [3.05, 3.63) is 69.3 Å². The molecule has 108 valence electrons. The van der Waals surface area contributed by atoms with E-state index in [9.17, 15) is 14.9 Å². The fourth-order valence-electron chi connectivity index (χ4n) is 1.96. The highest BCUT2D eigenvalue weighted by molar-refractivity contribution is 5.96. The summed E-state index contributed by atoms with van der Waals surface area (Å²) in [5, 5.41) is 10.7. The first-order valence-corrected chi connectivity index (χ1v) is 6.45. The standard InChI is InChI=1S/C16H15NO4/c1-11-6-7-15(12(2)18)16(8-11)21-10-13-4-3-5-14(9-13)17(19)20/h3-9H,10H2,1-2H3. The Kier molecular flexibility index (Phi) is 4.33. The van der Waals surface area contributed by atoms with E-state index in [2.05, 4.69) is 0 Å². The van der Waals surface area contributed by atoms with Crippen molar-refractivity contribution in [3.8, 4) is 5.75 Å². The third kappa shape index (κ3) is 3.66. The molecule has 0 aromatic heterocycles. The first-order chi connectivity index (χ1) is 9.97. The molecule has 0 N–H and O–H groups in total. The van der Waals surface area contributed by atoms with Crippen molar-refractivity contribution < 1.29 is 14.5 Å². The molecule has 0 aliphatic carbocycles. The topological polar surface area (TPSA) is 69.4 Å². The molecule has 0 aliphatic rings. The number of carbonyl (C=O) groups excluding carboxylic acids is 1. The molecule has 0 aliphatic heterocycles. The molecular weight excluding hydrogens is 270 g/mol. The van der Waals surface area contributed by atoms with E-state index in [1.807, 2.05) is 13.0 Å². The molecule has 0 saturated heterocycles. The number of nitrogens with zero attached hydrogens (tertiary/aromatic N) is 1. The van der Waals surface area contributed by atoms with E-state index in [0.29, 0.717) is 16.9 Å². The molecule has 0 heterocycles. The van der Waals surface area contributed by atoms with E-state index < -0.39 is 4.92 Å². The average Bonchev–Trinajstić information content (AvgIpc) is 2.45. The number of carbonyl (C=O) groups is 1. The highest BCUT2D eigenvalue weighted by atomic mass is 16.6. The summed E-state index contributed by atoms with van der Waals surface area (Å²) in [5.74, 6) is 0.415. The van der Waals surface area contributed by atoms with E-state index >= 15 is 0 Å². The van der Waals surface area contributed by atoms with Crippen LogP contribution in [-0.4, -0.2) is 10.7 Å². The van der Waals surface area contributed by atoms with Crippen molar-refractivity contribution in [2.24, 2.45) is 0 Å². The lowest BCUT2D eigenvalue weighted by Crippen LogP contribution is -2.02. The minimum atomic E-state index is -0.447. The minimum Gasteiger partial charge on any atom is -0.488 e. The van der Waals surface area contributed by atoms with Crippen molar-refractivity contribution in [1.82, 2.24) is 0 Å². The van der Waals surface area contributed by atoms with Crippen LogP contribution in [0.25, 0.3) is 0 Å². The molecule has 0 spiro atoms. The Labute approximate surface area is 122 Å². The largest absolute Gasteiger partial charge is 0.488 e. The number of ketones is 1. The van der Waals surface area contributed by atoms with Gasteiger partial charge in [0.15, 0.2) is 5.78 Å². The maximum Gasteiger partial charge on any atom is 0.269 e. The van der Waals surface area contributed by atoms with Crippen LogP contribution in [0.1, 0.15) is 28.4 Å². The van der Waals surface area contributed by atoms with E-state index in [1.54, 1.807) is 24.3 Å². The van der Waals surface area contributed by atoms with E-state index in [-0.39, 0.29) is 18.1 Å². The Bertz CT molecular complexity index is 694. The lowest BCUT2D eigenvalue weighted by atomic mass is 10.1. The van der Waals surface area contributed by atoms with Gasteiger partial charge < -0.3 is 4.74 Å². The maximum atomic E-state index is 11.6. The normalized spacial score (nSPS) is 10.2. The lowest BCUT2D eigenvalue weighted by molar-refractivity contribution is -0.384. The molecule has 2 aromatic carbocycles. The van der Waals surface area contributed by atoms with Gasteiger partial charge in [-0.3, -0.25) is 14.9 Å². The van der Waals surface area contributed by atoms with Crippen LogP contribution in [0, 0.1) is 17.0 Å². The highest BCUT2D eigenvalue weighted by Crippen LogP contribution is 2.23. The number of benzene rings is 2. The van der Waals surface area contributed by atoms with Crippen LogP contribution in [0.15, 0.2) is 42.5 Å². The summed E-state index contributed by atoms with van der Waals surface area (Å²) < 4.78 is 5.66. The van der Waals surface area contributed by atoms with E-state index in [0.717, 1.165) is 5.56 Å². The Hall–Kier alpha value is -2.69. The summed E-state index contributed by atoms with van der Waals surface area (Å²) in [5.41, 5.74) is 2.19.